The van der Waals surface area contributed by atoms with Gasteiger partial charge in [-0.25, -0.2) is 4.79 Å². The second-order valence-electron chi connectivity index (χ2n) is 6.81. The molecule has 22 heavy (non-hydrogen) atoms. The zero-order valence-electron chi connectivity index (χ0n) is 14.1. The van der Waals surface area contributed by atoms with Gasteiger partial charge in [0, 0.05) is 39.0 Å². The number of pyridine rings is 1. The Bertz CT molecular complexity index is 573. The molecule has 1 rings (SSSR count). The topological polar surface area (TPSA) is 74.6 Å². The van der Waals surface area contributed by atoms with Crippen molar-refractivity contribution < 1.29 is 9.90 Å². The summed E-state index contributed by atoms with van der Waals surface area (Å²) in [4.78, 5) is 25.7. The molecular formula is C16H27N3O3. The molecule has 0 spiro atoms. The Kier molecular flexibility index (Phi) is 6.17. The van der Waals surface area contributed by atoms with E-state index in [0.29, 0.717) is 25.2 Å². The van der Waals surface area contributed by atoms with Crippen molar-refractivity contribution in [3.63, 3.8) is 0 Å². The molecule has 1 aromatic rings. The van der Waals surface area contributed by atoms with Gasteiger partial charge in [0.2, 0.25) is 0 Å². The van der Waals surface area contributed by atoms with Gasteiger partial charge in [0.15, 0.2) is 0 Å². The lowest BCUT2D eigenvalue weighted by Gasteiger charge is -2.30. The van der Waals surface area contributed by atoms with Crippen LogP contribution in [0.2, 0.25) is 0 Å². The van der Waals surface area contributed by atoms with E-state index in [1.165, 1.54) is 10.6 Å². The molecule has 1 heterocycles. The third kappa shape index (κ3) is 5.52. The van der Waals surface area contributed by atoms with Gasteiger partial charge in [0.1, 0.15) is 0 Å². The van der Waals surface area contributed by atoms with Crippen LogP contribution in [0.25, 0.3) is 0 Å². The molecule has 0 saturated carbocycles. The summed E-state index contributed by atoms with van der Waals surface area (Å²) in [5.74, 6) is 0. The van der Waals surface area contributed by atoms with Crippen molar-refractivity contribution >= 4 is 11.7 Å². The van der Waals surface area contributed by atoms with E-state index in [1.807, 2.05) is 0 Å². The Morgan fingerprint density at radius 3 is 2.59 bits per heavy atom. The van der Waals surface area contributed by atoms with Crippen molar-refractivity contribution in [2.45, 2.75) is 34.1 Å². The quantitative estimate of drug-likeness (QED) is 0.873. The van der Waals surface area contributed by atoms with Gasteiger partial charge in [-0.2, -0.15) is 0 Å². The van der Waals surface area contributed by atoms with Gasteiger partial charge in [0.05, 0.1) is 5.69 Å². The average Bonchev–Trinajstić information content (AvgIpc) is 2.39. The van der Waals surface area contributed by atoms with Gasteiger partial charge in [0.25, 0.3) is 5.56 Å². The zero-order chi connectivity index (χ0) is 16.9. The SMILES string of the molecule is Cc1cc(=O)n(C)cc1NC(=O)N(CCCO)CC(C)(C)C. The second kappa shape index (κ2) is 7.45. The average molecular weight is 309 g/mol. The van der Waals surface area contributed by atoms with E-state index in [-0.39, 0.29) is 23.6 Å². The molecule has 124 valence electrons. The number of aliphatic hydroxyl groups is 1. The van der Waals surface area contributed by atoms with Gasteiger partial charge >= 0.3 is 6.03 Å². The summed E-state index contributed by atoms with van der Waals surface area (Å²) in [6.07, 6.45) is 2.16. The van der Waals surface area contributed by atoms with Crippen LogP contribution >= 0.6 is 0 Å². The molecule has 0 fully saturated rings. The van der Waals surface area contributed by atoms with Crippen LogP contribution in [0.15, 0.2) is 17.1 Å². The predicted molar refractivity (Wildman–Crippen MR) is 88.2 cm³/mol. The highest BCUT2D eigenvalue weighted by Gasteiger charge is 2.21. The van der Waals surface area contributed by atoms with Crippen LogP contribution < -0.4 is 10.9 Å². The predicted octanol–water partition coefficient (Wildman–Crippen LogP) is 1.96. The largest absolute Gasteiger partial charge is 0.396 e. The molecule has 2 amide bonds. The zero-order valence-corrected chi connectivity index (χ0v) is 14.1. The summed E-state index contributed by atoms with van der Waals surface area (Å²) >= 11 is 0. The summed E-state index contributed by atoms with van der Waals surface area (Å²) in [5, 5.41) is 11.9. The minimum Gasteiger partial charge on any atom is -0.396 e. The van der Waals surface area contributed by atoms with Crippen molar-refractivity contribution in [2.24, 2.45) is 12.5 Å². The van der Waals surface area contributed by atoms with Crippen molar-refractivity contribution in [3.05, 3.63) is 28.2 Å². The fourth-order valence-corrected chi connectivity index (χ4v) is 2.14. The molecule has 0 saturated heterocycles. The van der Waals surface area contributed by atoms with Crippen LogP contribution in [-0.2, 0) is 7.05 Å². The van der Waals surface area contributed by atoms with Gasteiger partial charge < -0.3 is 19.9 Å². The minimum atomic E-state index is -0.217. The molecule has 0 bridgehead atoms. The van der Waals surface area contributed by atoms with Gasteiger partial charge in [-0.05, 0) is 24.3 Å². The van der Waals surface area contributed by atoms with Crippen LogP contribution in [0.1, 0.15) is 32.8 Å². The number of carbonyl (C=O) groups excluding carboxylic acids is 1. The molecule has 6 heteroatoms. The maximum absolute atomic E-state index is 12.5. The van der Waals surface area contributed by atoms with Crippen LogP contribution in [0.3, 0.4) is 0 Å². The summed E-state index contributed by atoms with van der Waals surface area (Å²) in [7, 11) is 1.65. The summed E-state index contributed by atoms with van der Waals surface area (Å²) < 4.78 is 1.43. The number of urea groups is 1. The number of amides is 2. The second-order valence-corrected chi connectivity index (χ2v) is 6.81. The molecule has 1 aromatic heterocycles. The molecule has 6 nitrogen and oxygen atoms in total. The molecule has 0 radical (unpaired) electrons. The van der Waals surface area contributed by atoms with Crippen molar-refractivity contribution in [2.75, 3.05) is 25.0 Å². The van der Waals surface area contributed by atoms with Gasteiger partial charge in [-0.15, -0.1) is 0 Å². The first-order valence-electron chi connectivity index (χ1n) is 7.48. The molecule has 0 atom stereocenters. The lowest BCUT2D eigenvalue weighted by atomic mass is 9.96. The first-order chi connectivity index (χ1) is 10.1. The molecule has 2 N–H and O–H groups in total. The van der Waals surface area contributed by atoms with E-state index in [0.717, 1.165) is 5.56 Å². The number of aryl methyl sites for hydroxylation is 2. The van der Waals surface area contributed by atoms with E-state index in [2.05, 4.69) is 26.1 Å². The molecule has 0 aliphatic heterocycles. The summed E-state index contributed by atoms with van der Waals surface area (Å²) in [6.45, 7) is 9.09. The van der Waals surface area contributed by atoms with E-state index in [9.17, 15) is 9.59 Å². The van der Waals surface area contributed by atoms with Crippen molar-refractivity contribution in [1.82, 2.24) is 9.47 Å². The van der Waals surface area contributed by atoms with Crippen LogP contribution in [0.5, 0.6) is 0 Å². The number of nitrogens with one attached hydrogen (secondary N) is 1. The third-order valence-corrected chi connectivity index (χ3v) is 3.22. The number of rotatable bonds is 5. The molecule has 0 aromatic carbocycles. The number of nitrogens with zero attached hydrogens (tertiary/aromatic N) is 2. The van der Waals surface area contributed by atoms with Gasteiger partial charge in [-0.1, -0.05) is 20.8 Å². The first kappa shape index (κ1) is 18.2. The van der Waals surface area contributed by atoms with E-state index >= 15 is 0 Å². The fraction of sp³-hybridized carbons (Fsp3) is 0.625. The van der Waals surface area contributed by atoms with Crippen LogP contribution in [-0.4, -0.2) is 40.3 Å². The highest BCUT2D eigenvalue weighted by atomic mass is 16.3. The maximum Gasteiger partial charge on any atom is 0.321 e. The lowest BCUT2D eigenvalue weighted by molar-refractivity contribution is 0.176. The highest BCUT2D eigenvalue weighted by molar-refractivity contribution is 5.90. The van der Waals surface area contributed by atoms with E-state index in [4.69, 9.17) is 5.11 Å². The fourth-order valence-electron chi connectivity index (χ4n) is 2.14. The normalized spacial score (nSPS) is 11.4. The van der Waals surface area contributed by atoms with E-state index < -0.39 is 0 Å². The number of carbonyl (C=O) groups is 1. The molecule has 0 aliphatic rings. The van der Waals surface area contributed by atoms with Gasteiger partial charge in [-0.3, -0.25) is 4.79 Å². The van der Waals surface area contributed by atoms with Crippen molar-refractivity contribution in [1.29, 1.82) is 0 Å². The number of aliphatic hydroxyl groups excluding tert-OH is 1. The standard InChI is InChI=1S/C16H27N3O3/c1-12-9-14(21)18(5)10-13(12)17-15(22)19(7-6-8-20)11-16(2,3)4/h9-10,20H,6-8,11H2,1-5H3,(H,17,22). The number of hydrogen-bond acceptors (Lipinski definition) is 3. The van der Waals surface area contributed by atoms with Crippen LogP contribution in [0.4, 0.5) is 10.5 Å². The number of hydrogen-bond donors (Lipinski definition) is 2. The Morgan fingerprint density at radius 2 is 2.05 bits per heavy atom. The lowest BCUT2D eigenvalue weighted by Crippen LogP contribution is -2.41. The minimum absolute atomic E-state index is 0.0363. The number of anilines is 1. The highest BCUT2D eigenvalue weighted by Crippen LogP contribution is 2.17. The Balaban J connectivity index is 2.90. The first-order valence-corrected chi connectivity index (χ1v) is 7.48. The Labute approximate surface area is 131 Å². The summed E-state index contributed by atoms with van der Waals surface area (Å²) in [5.41, 5.74) is 1.21. The monoisotopic (exact) mass is 309 g/mol. The molecule has 0 aliphatic carbocycles. The Morgan fingerprint density at radius 1 is 1.41 bits per heavy atom. The maximum atomic E-state index is 12.5. The summed E-state index contributed by atoms with van der Waals surface area (Å²) in [6, 6.07) is 1.28. The third-order valence-electron chi connectivity index (χ3n) is 3.22. The molecule has 0 unspecified atom stereocenters. The van der Waals surface area contributed by atoms with Crippen molar-refractivity contribution in [3.8, 4) is 0 Å². The number of aromatic nitrogens is 1. The smallest absolute Gasteiger partial charge is 0.321 e. The Hall–Kier alpha value is -1.82. The molecular weight excluding hydrogens is 282 g/mol. The van der Waals surface area contributed by atoms with Crippen LogP contribution in [0, 0.1) is 12.3 Å². The van der Waals surface area contributed by atoms with E-state index in [1.54, 1.807) is 25.1 Å².